The van der Waals surface area contributed by atoms with E-state index in [0.717, 1.165) is 12.2 Å². The number of hydrogen-bond donors (Lipinski definition) is 1. The van der Waals surface area contributed by atoms with E-state index in [1.807, 2.05) is 6.07 Å². The van der Waals surface area contributed by atoms with Crippen LogP contribution in [0.1, 0.15) is 33.3 Å². The van der Waals surface area contributed by atoms with Gasteiger partial charge in [-0.3, -0.25) is 10.1 Å². The first-order valence-electron chi connectivity index (χ1n) is 6.20. The molecule has 1 aromatic carbocycles. The number of benzene rings is 1. The van der Waals surface area contributed by atoms with E-state index < -0.39 is 4.92 Å². The Bertz CT molecular complexity index is 516. The molecule has 0 spiro atoms. The maximum atomic E-state index is 10.7. The smallest absolute Gasteiger partial charge is 0.287 e. The summed E-state index contributed by atoms with van der Waals surface area (Å²) in [5.74, 6) is 0.508. The van der Waals surface area contributed by atoms with Crippen LogP contribution in [0.15, 0.2) is 18.2 Å². The highest BCUT2D eigenvalue weighted by molar-refractivity contribution is 5.58. The summed E-state index contributed by atoms with van der Waals surface area (Å²) in [5.41, 5.74) is 0.763. The summed E-state index contributed by atoms with van der Waals surface area (Å²) in [6, 6.07) is 6.38. The molecule has 0 aromatic heterocycles. The van der Waals surface area contributed by atoms with E-state index in [0.29, 0.717) is 5.92 Å². The molecular formula is C14H19N3O2. The van der Waals surface area contributed by atoms with Crippen LogP contribution in [0.3, 0.4) is 0 Å². The third kappa shape index (κ3) is 3.68. The van der Waals surface area contributed by atoms with E-state index in [2.05, 4.69) is 33.0 Å². The van der Waals surface area contributed by atoms with Gasteiger partial charge in [0, 0.05) is 18.3 Å². The van der Waals surface area contributed by atoms with Gasteiger partial charge in [-0.2, -0.15) is 5.26 Å². The van der Waals surface area contributed by atoms with Crippen molar-refractivity contribution >= 4 is 11.4 Å². The number of nitrogens with zero attached hydrogens (tertiary/aromatic N) is 2. The lowest BCUT2D eigenvalue weighted by Crippen LogP contribution is -2.28. The molecule has 0 unspecified atom stereocenters. The van der Waals surface area contributed by atoms with Crippen LogP contribution in [-0.4, -0.2) is 11.5 Å². The second-order valence-corrected chi connectivity index (χ2v) is 5.60. The van der Waals surface area contributed by atoms with Crippen molar-refractivity contribution in [3.8, 4) is 6.07 Å². The number of rotatable bonds is 5. The molecule has 0 aliphatic heterocycles. The zero-order valence-electron chi connectivity index (χ0n) is 11.7. The van der Waals surface area contributed by atoms with Crippen molar-refractivity contribution in [3.05, 3.63) is 33.9 Å². The van der Waals surface area contributed by atoms with Crippen LogP contribution < -0.4 is 5.32 Å². The quantitative estimate of drug-likeness (QED) is 0.649. The van der Waals surface area contributed by atoms with Crippen LogP contribution in [0.2, 0.25) is 0 Å². The van der Waals surface area contributed by atoms with E-state index in [4.69, 9.17) is 5.26 Å². The number of nitro groups is 1. The summed E-state index contributed by atoms with van der Waals surface area (Å²) < 4.78 is 0. The standard InChI is InChI=1S/C14H19N3O2/c1-10(2)14(3,4)9-16-12-5-6-13(17(18)19)11(7-12)8-15/h5-7,10,16H,9H2,1-4H3. The molecule has 0 aliphatic rings. The predicted molar refractivity (Wildman–Crippen MR) is 74.9 cm³/mol. The number of nitriles is 1. The van der Waals surface area contributed by atoms with Gasteiger partial charge in [0.05, 0.1) is 4.92 Å². The minimum atomic E-state index is -0.541. The third-order valence-corrected chi connectivity index (χ3v) is 3.62. The van der Waals surface area contributed by atoms with Crippen molar-refractivity contribution in [1.29, 1.82) is 5.26 Å². The Labute approximate surface area is 113 Å². The van der Waals surface area contributed by atoms with Gasteiger partial charge in [-0.25, -0.2) is 0 Å². The molecule has 0 radical (unpaired) electrons. The lowest BCUT2D eigenvalue weighted by atomic mass is 9.81. The molecule has 0 saturated carbocycles. The molecule has 0 amide bonds. The summed E-state index contributed by atoms with van der Waals surface area (Å²) in [4.78, 5) is 10.2. The summed E-state index contributed by atoms with van der Waals surface area (Å²) >= 11 is 0. The highest BCUT2D eigenvalue weighted by Gasteiger charge is 2.22. The van der Waals surface area contributed by atoms with Crippen LogP contribution in [0.5, 0.6) is 0 Å². The Kier molecular flexibility index (Phi) is 4.49. The van der Waals surface area contributed by atoms with Gasteiger partial charge in [-0.05, 0) is 23.5 Å². The maximum Gasteiger partial charge on any atom is 0.287 e. The molecule has 0 atom stereocenters. The average Bonchev–Trinajstić information content (AvgIpc) is 2.35. The van der Waals surface area contributed by atoms with Gasteiger partial charge in [0.15, 0.2) is 0 Å². The second kappa shape index (κ2) is 5.70. The number of hydrogen-bond acceptors (Lipinski definition) is 4. The minimum Gasteiger partial charge on any atom is -0.384 e. The van der Waals surface area contributed by atoms with Crippen molar-refractivity contribution in [2.45, 2.75) is 27.7 Å². The number of nitrogens with one attached hydrogen (secondary N) is 1. The minimum absolute atomic E-state index is 0.0809. The summed E-state index contributed by atoms with van der Waals surface area (Å²) in [6.45, 7) is 9.35. The third-order valence-electron chi connectivity index (χ3n) is 3.62. The lowest BCUT2D eigenvalue weighted by Gasteiger charge is -2.29. The number of anilines is 1. The van der Waals surface area contributed by atoms with E-state index in [1.54, 1.807) is 6.07 Å². The summed E-state index contributed by atoms with van der Waals surface area (Å²) in [5, 5.41) is 22.9. The second-order valence-electron chi connectivity index (χ2n) is 5.60. The van der Waals surface area contributed by atoms with Crippen LogP contribution in [0.4, 0.5) is 11.4 Å². The Hall–Kier alpha value is -2.09. The van der Waals surface area contributed by atoms with E-state index in [-0.39, 0.29) is 16.7 Å². The molecule has 102 valence electrons. The van der Waals surface area contributed by atoms with Gasteiger partial charge < -0.3 is 5.32 Å². The summed E-state index contributed by atoms with van der Waals surface area (Å²) in [6.07, 6.45) is 0. The molecule has 5 nitrogen and oxygen atoms in total. The Morgan fingerprint density at radius 3 is 2.58 bits per heavy atom. The molecule has 0 fully saturated rings. The molecule has 1 aromatic rings. The van der Waals surface area contributed by atoms with E-state index in [1.165, 1.54) is 12.1 Å². The molecule has 19 heavy (non-hydrogen) atoms. The fraction of sp³-hybridized carbons (Fsp3) is 0.500. The first kappa shape index (κ1) is 15.0. The molecule has 5 heteroatoms. The highest BCUT2D eigenvalue weighted by atomic mass is 16.6. The molecule has 0 bridgehead atoms. The fourth-order valence-electron chi connectivity index (χ4n) is 1.43. The molecule has 0 heterocycles. The van der Waals surface area contributed by atoms with Crippen molar-refractivity contribution in [3.63, 3.8) is 0 Å². The van der Waals surface area contributed by atoms with Crippen molar-refractivity contribution in [2.75, 3.05) is 11.9 Å². The first-order valence-corrected chi connectivity index (χ1v) is 6.20. The van der Waals surface area contributed by atoms with Gasteiger partial charge in [0.1, 0.15) is 11.6 Å². The van der Waals surface area contributed by atoms with Gasteiger partial charge in [0.2, 0.25) is 0 Å². The topological polar surface area (TPSA) is 79.0 Å². The van der Waals surface area contributed by atoms with Crippen LogP contribution in [-0.2, 0) is 0 Å². The molecule has 1 N–H and O–H groups in total. The first-order chi connectivity index (χ1) is 8.77. The fourth-order valence-corrected chi connectivity index (χ4v) is 1.43. The van der Waals surface area contributed by atoms with Crippen LogP contribution >= 0.6 is 0 Å². The average molecular weight is 261 g/mol. The predicted octanol–water partition coefficient (Wildman–Crippen LogP) is 3.56. The summed E-state index contributed by atoms with van der Waals surface area (Å²) in [7, 11) is 0. The van der Waals surface area contributed by atoms with Gasteiger partial charge >= 0.3 is 0 Å². The highest BCUT2D eigenvalue weighted by Crippen LogP contribution is 2.27. The zero-order valence-corrected chi connectivity index (χ0v) is 11.7. The van der Waals surface area contributed by atoms with Crippen molar-refractivity contribution in [2.24, 2.45) is 11.3 Å². The van der Waals surface area contributed by atoms with Crippen LogP contribution in [0.25, 0.3) is 0 Å². The van der Waals surface area contributed by atoms with E-state index in [9.17, 15) is 10.1 Å². The SMILES string of the molecule is CC(C)C(C)(C)CNc1ccc([N+](=O)[O-])c(C#N)c1. The number of nitro benzene ring substituents is 1. The largest absolute Gasteiger partial charge is 0.384 e. The van der Waals surface area contributed by atoms with Crippen molar-refractivity contribution in [1.82, 2.24) is 0 Å². The Morgan fingerprint density at radius 2 is 2.11 bits per heavy atom. The molecular weight excluding hydrogens is 242 g/mol. The van der Waals surface area contributed by atoms with Gasteiger partial charge in [-0.15, -0.1) is 0 Å². The molecule has 1 rings (SSSR count). The maximum absolute atomic E-state index is 10.7. The Morgan fingerprint density at radius 1 is 1.47 bits per heavy atom. The van der Waals surface area contributed by atoms with Crippen molar-refractivity contribution < 1.29 is 4.92 Å². The van der Waals surface area contributed by atoms with Gasteiger partial charge in [0.25, 0.3) is 5.69 Å². The van der Waals surface area contributed by atoms with Crippen LogP contribution in [0, 0.1) is 32.8 Å². The molecule has 0 aliphatic carbocycles. The Balaban J connectivity index is 2.88. The van der Waals surface area contributed by atoms with E-state index >= 15 is 0 Å². The monoisotopic (exact) mass is 261 g/mol. The lowest BCUT2D eigenvalue weighted by molar-refractivity contribution is -0.385. The zero-order chi connectivity index (χ0) is 14.6. The normalized spacial score (nSPS) is 11.2. The molecule has 0 saturated heterocycles. The van der Waals surface area contributed by atoms with Gasteiger partial charge in [-0.1, -0.05) is 27.7 Å².